The Morgan fingerprint density at radius 1 is 1.38 bits per heavy atom. The van der Waals surface area contributed by atoms with E-state index in [2.05, 4.69) is 26.2 Å². The summed E-state index contributed by atoms with van der Waals surface area (Å²) in [5.41, 5.74) is 1.57. The molecule has 0 saturated carbocycles. The topological polar surface area (TPSA) is 87.2 Å². The van der Waals surface area contributed by atoms with E-state index in [0.717, 1.165) is 25.1 Å². The van der Waals surface area contributed by atoms with Gasteiger partial charge in [-0.15, -0.1) is 5.10 Å². The molecule has 2 bridgehead atoms. The average Bonchev–Trinajstić information content (AvgIpc) is 3.30. The van der Waals surface area contributed by atoms with Crippen molar-refractivity contribution in [1.29, 1.82) is 0 Å². The molecule has 2 fully saturated rings. The van der Waals surface area contributed by atoms with Crippen molar-refractivity contribution in [2.75, 3.05) is 6.61 Å². The van der Waals surface area contributed by atoms with Crippen LogP contribution in [0.1, 0.15) is 42.8 Å². The van der Waals surface area contributed by atoms with E-state index >= 15 is 0 Å². The summed E-state index contributed by atoms with van der Waals surface area (Å²) in [4.78, 5) is 0. The van der Waals surface area contributed by atoms with Gasteiger partial charge in [-0.2, -0.15) is 5.10 Å². The van der Waals surface area contributed by atoms with Gasteiger partial charge >= 0.3 is 0 Å². The van der Waals surface area contributed by atoms with Crippen LogP contribution in [0.5, 0.6) is 0 Å². The van der Waals surface area contributed by atoms with Crippen molar-refractivity contribution >= 4 is 0 Å². The molecule has 128 valence electrons. The van der Waals surface area contributed by atoms with E-state index < -0.39 is 11.9 Å². The number of nitrogens with zero attached hydrogens (tertiary/aromatic N) is 5. The van der Waals surface area contributed by atoms with Crippen LogP contribution in [0, 0.1) is 0 Å². The monoisotopic (exact) mass is 331 g/mol. The van der Waals surface area contributed by atoms with E-state index in [-0.39, 0.29) is 6.10 Å². The molecule has 8 nitrogen and oxygen atoms in total. The van der Waals surface area contributed by atoms with E-state index in [9.17, 15) is 5.11 Å². The van der Waals surface area contributed by atoms with Gasteiger partial charge in [0.25, 0.3) is 0 Å². The number of aliphatic hydroxyl groups is 1. The Bertz CT molecular complexity index is 733. The summed E-state index contributed by atoms with van der Waals surface area (Å²) in [6.45, 7) is 2.09. The third-order valence-electron chi connectivity index (χ3n) is 5.26. The molecule has 3 aliphatic heterocycles. The molecular weight excluding hydrogens is 310 g/mol. The van der Waals surface area contributed by atoms with E-state index in [1.165, 1.54) is 18.5 Å². The zero-order chi connectivity index (χ0) is 16.1. The first kappa shape index (κ1) is 14.6. The van der Waals surface area contributed by atoms with Crippen LogP contribution in [0.3, 0.4) is 0 Å². The Kier molecular flexibility index (Phi) is 3.26. The number of rotatable bonds is 3. The van der Waals surface area contributed by atoms with Crippen molar-refractivity contribution < 1.29 is 14.6 Å². The highest BCUT2D eigenvalue weighted by atomic mass is 16.7. The van der Waals surface area contributed by atoms with Gasteiger partial charge < -0.3 is 14.6 Å². The van der Waals surface area contributed by atoms with Gasteiger partial charge in [0.2, 0.25) is 0 Å². The minimum absolute atomic E-state index is 0.0992. The molecule has 1 unspecified atom stereocenters. The SMILES string of the molecule is OC1(c2cn(Cc3cc4n(n3)CCCC4)nn2)CC[C@H]2CO[C@@H]1O2. The number of hydrogen-bond donors (Lipinski definition) is 1. The van der Waals surface area contributed by atoms with E-state index in [1.54, 1.807) is 10.9 Å². The second-order valence-electron chi connectivity index (χ2n) is 6.99. The zero-order valence-corrected chi connectivity index (χ0v) is 13.5. The average molecular weight is 331 g/mol. The maximum atomic E-state index is 11.0. The Labute approximate surface area is 139 Å². The highest BCUT2D eigenvalue weighted by Crippen LogP contribution is 2.40. The highest BCUT2D eigenvalue weighted by molar-refractivity contribution is 5.14. The van der Waals surface area contributed by atoms with E-state index in [1.807, 2.05) is 0 Å². The summed E-state index contributed by atoms with van der Waals surface area (Å²) in [7, 11) is 0. The summed E-state index contributed by atoms with van der Waals surface area (Å²) in [5, 5.41) is 23.9. The number of aromatic nitrogens is 5. The molecule has 5 rings (SSSR count). The lowest BCUT2D eigenvalue weighted by Gasteiger charge is -2.34. The first-order valence-corrected chi connectivity index (χ1v) is 8.66. The van der Waals surface area contributed by atoms with Crippen LogP contribution >= 0.6 is 0 Å². The highest BCUT2D eigenvalue weighted by Gasteiger charge is 2.51. The van der Waals surface area contributed by atoms with Gasteiger partial charge in [-0.1, -0.05) is 5.21 Å². The normalized spacial score (nSPS) is 32.0. The van der Waals surface area contributed by atoms with Crippen LogP contribution in [0.4, 0.5) is 0 Å². The molecule has 3 aliphatic rings. The first-order chi connectivity index (χ1) is 11.7. The van der Waals surface area contributed by atoms with Crippen LogP contribution in [-0.2, 0) is 34.6 Å². The largest absolute Gasteiger partial charge is 0.378 e. The second-order valence-corrected chi connectivity index (χ2v) is 6.99. The number of aryl methyl sites for hydroxylation is 2. The molecule has 0 amide bonds. The Balaban J connectivity index is 1.36. The minimum atomic E-state index is -1.21. The van der Waals surface area contributed by atoms with E-state index in [4.69, 9.17) is 9.47 Å². The Hall–Kier alpha value is -1.77. The second kappa shape index (κ2) is 5.37. The predicted molar refractivity (Wildman–Crippen MR) is 82.0 cm³/mol. The number of ether oxygens (including phenoxy) is 2. The molecular formula is C16H21N5O3. The summed E-state index contributed by atoms with van der Waals surface area (Å²) >= 11 is 0. The smallest absolute Gasteiger partial charge is 0.192 e. The lowest BCUT2D eigenvalue weighted by Crippen LogP contribution is -2.44. The molecule has 0 radical (unpaired) electrons. The van der Waals surface area contributed by atoms with Gasteiger partial charge in [0.1, 0.15) is 5.69 Å². The standard InChI is InChI=1S/C16H21N5O3/c22-16(5-4-13-10-23-15(16)24-13)14-9-20(19-17-14)8-11-7-12-3-1-2-6-21(12)18-11/h7,9,13,15,22H,1-6,8,10H2/t13-,15+,16?/m0/s1. The molecule has 8 heteroatoms. The Morgan fingerprint density at radius 3 is 3.25 bits per heavy atom. The van der Waals surface area contributed by atoms with Crippen molar-refractivity contribution in [3.05, 3.63) is 29.3 Å². The molecule has 2 aromatic heterocycles. The van der Waals surface area contributed by atoms with Crippen LogP contribution in [0.2, 0.25) is 0 Å². The molecule has 2 aromatic rings. The number of fused-ring (bicyclic) bond motifs is 3. The Morgan fingerprint density at radius 2 is 2.33 bits per heavy atom. The predicted octanol–water partition coefficient (Wildman–Crippen LogP) is 0.582. The molecule has 1 N–H and O–H groups in total. The minimum Gasteiger partial charge on any atom is -0.378 e. The first-order valence-electron chi connectivity index (χ1n) is 8.66. The van der Waals surface area contributed by atoms with Crippen LogP contribution in [0.15, 0.2) is 12.3 Å². The third-order valence-corrected chi connectivity index (χ3v) is 5.26. The molecule has 0 aromatic carbocycles. The van der Waals surface area contributed by atoms with E-state index in [0.29, 0.717) is 25.3 Å². The third kappa shape index (κ3) is 2.28. The van der Waals surface area contributed by atoms with Gasteiger partial charge in [-0.25, -0.2) is 4.68 Å². The lowest BCUT2D eigenvalue weighted by molar-refractivity contribution is -0.219. The fourth-order valence-electron chi connectivity index (χ4n) is 3.89. The fraction of sp³-hybridized carbons (Fsp3) is 0.688. The number of hydrogen-bond acceptors (Lipinski definition) is 6. The molecule has 0 spiro atoms. The van der Waals surface area contributed by atoms with Crippen LogP contribution in [0.25, 0.3) is 0 Å². The molecule has 24 heavy (non-hydrogen) atoms. The van der Waals surface area contributed by atoms with Gasteiger partial charge in [-0.3, -0.25) is 4.68 Å². The van der Waals surface area contributed by atoms with Crippen molar-refractivity contribution in [2.24, 2.45) is 0 Å². The zero-order valence-electron chi connectivity index (χ0n) is 13.5. The molecule has 2 saturated heterocycles. The van der Waals surface area contributed by atoms with Gasteiger partial charge in [-0.05, 0) is 38.2 Å². The van der Waals surface area contributed by atoms with Crippen molar-refractivity contribution in [3.8, 4) is 0 Å². The maximum absolute atomic E-state index is 11.0. The summed E-state index contributed by atoms with van der Waals surface area (Å²) in [6, 6.07) is 2.14. The summed E-state index contributed by atoms with van der Waals surface area (Å²) in [6.07, 6.45) is 6.11. The van der Waals surface area contributed by atoms with Crippen LogP contribution < -0.4 is 0 Å². The van der Waals surface area contributed by atoms with Gasteiger partial charge in [0.05, 0.1) is 31.1 Å². The van der Waals surface area contributed by atoms with Crippen LogP contribution in [-0.4, -0.2) is 48.9 Å². The fourth-order valence-corrected chi connectivity index (χ4v) is 3.89. The van der Waals surface area contributed by atoms with Crippen molar-refractivity contribution in [1.82, 2.24) is 24.8 Å². The van der Waals surface area contributed by atoms with Gasteiger partial charge in [0.15, 0.2) is 11.9 Å². The van der Waals surface area contributed by atoms with Gasteiger partial charge in [0, 0.05) is 12.2 Å². The molecule has 0 aliphatic carbocycles. The van der Waals surface area contributed by atoms with Crippen molar-refractivity contribution in [2.45, 2.75) is 63.2 Å². The van der Waals surface area contributed by atoms with Crippen molar-refractivity contribution in [3.63, 3.8) is 0 Å². The quantitative estimate of drug-likeness (QED) is 0.885. The molecule has 5 heterocycles. The lowest BCUT2D eigenvalue weighted by atomic mass is 9.90. The summed E-state index contributed by atoms with van der Waals surface area (Å²) in [5.74, 6) is 0. The molecule has 3 atom stereocenters. The maximum Gasteiger partial charge on any atom is 0.192 e. The summed E-state index contributed by atoms with van der Waals surface area (Å²) < 4.78 is 15.1.